The van der Waals surface area contributed by atoms with Crippen molar-refractivity contribution >= 4 is 17.6 Å². The van der Waals surface area contributed by atoms with Crippen molar-refractivity contribution in [2.24, 2.45) is 0 Å². The number of carboxylic acids is 1. The van der Waals surface area contributed by atoms with Gasteiger partial charge in [0.25, 0.3) is 0 Å². The standard InChI is InChI=1S/C17H16N2O5/c20-14-10-18(9-12(16(14)22)17(23)24)8-11-4-1-2-5-13(11)19-7-3-6-15(19)21/h1-2,4-5,9-10,20H,3,6-8H2,(H,23,24). The lowest BCUT2D eigenvalue weighted by molar-refractivity contribution is -0.117. The van der Waals surface area contributed by atoms with E-state index in [1.54, 1.807) is 4.90 Å². The number of carboxylic acid groups (broad SMARTS) is 1. The Labute approximate surface area is 137 Å². The fourth-order valence-corrected chi connectivity index (χ4v) is 2.87. The zero-order valence-electron chi connectivity index (χ0n) is 12.8. The van der Waals surface area contributed by atoms with Crippen LogP contribution in [0.1, 0.15) is 28.8 Å². The van der Waals surface area contributed by atoms with Gasteiger partial charge in [-0.2, -0.15) is 0 Å². The molecule has 0 atom stereocenters. The molecule has 0 spiro atoms. The number of anilines is 1. The van der Waals surface area contributed by atoms with Gasteiger partial charge in [-0.05, 0) is 18.1 Å². The molecule has 0 saturated carbocycles. The molecule has 24 heavy (non-hydrogen) atoms. The SMILES string of the molecule is O=C(O)c1cn(Cc2ccccc2N2CCCC2=O)cc(O)c1=O. The van der Waals surface area contributed by atoms with Crippen LogP contribution in [0, 0.1) is 0 Å². The van der Waals surface area contributed by atoms with E-state index in [1.165, 1.54) is 17.0 Å². The van der Waals surface area contributed by atoms with Gasteiger partial charge in [-0.1, -0.05) is 18.2 Å². The van der Waals surface area contributed by atoms with Crippen molar-refractivity contribution in [2.45, 2.75) is 19.4 Å². The number of para-hydroxylation sites is 1. The van der Waals surface area contributed by atoms with Crippen LogP contribution in [0.25, 0.3) is 0 Å². The molecule has 1 amide bonds. The number of amides is 1. The molecular weight excluding hydrogens is 312 g/mol. The molecule has 0 aliphatic carbocycles. The summed E-state index contributed by atoms with van der Waals surface area (Å²) in [5.74, 6) is -1.96. The van der Waals surface area contributed by atoms with Crippen molar-refractivity contribution in [3.05, 3.63) is 58.0 Å². The van der Waals surface area contributed by atoms with Crippen LogP contribution in [0.4, 0.5) is 5.69 Å². The van der Waals surface area contributed by atoms with Gasteiger partial charge in [0.05, 0.1) is 6.20 Å². The minimum absolute atomic E-state index is 0.0522. The van der Waals surface area contributed by atoms with E-state index in [2.05, 4.69) is 0 Å². The van der Waals surface area contributed by atoms with Crippen LogP contribution in [-0.2, 0) is 11.3 Å². The quantitative estimate of drug-likeness (QED) is 0.884. The van der Waals surface area contributed by atoms with Gasteiger partial charge in [0.1, 0.15) is 5.56 Å². The number of nitrogens with zero attached hydrogens (tertiary/aromatic N) is 2. The molecular formula is C17H16N2O5. The van der Waals surface area contributed by atoms with E-state index in [0.29, 0.717) is 13.0 Å². The second kappa shape index (κ2) is 6.19. The highest BCUT2D eigenvalue weighted by Crippen LogP contribution is 2.26. The lowest BCUT2D eigenvalue weighted by Gasteiger charge is -2.20. The fourth-order valence-electron chi connectivity index (χ4n) is 2.87. The van der Waals surface area contributed by atoms with Gasteiger partial charge < -0.3 is 19.7 Å². The van der Waals surface area contributed by atoms with Crippen LogP contribution in [0.3, 0.4) is 0 Å². The maximum Gasteiger partial charge on any atom is 0.341 e. The summed E-state index contributed by atoms with van der Waals surface area (Å²) in [5, 5.41) is 18.7. The second-order valence-electron chi connectivity index (χ2n) is 5.64. The Bertz CT molecular complexity index is 872. The van der Waals surface area contributed by atoms with Crippen molar-refractivity contribution in [1.29, 1.82) is 0 Å². The minimum Gasteiger partial charge on any atom is -0.503 e. The molecule has 7 nitrogen and oxygen atoms in total. The average Bonchev–Trinajstić information content (AvgIpc) is 2.97. The maximum absolute atomic E-state index is 12.0. The number of aromatic hydroxyl groups is 1. The molecule has 1 aliphatic heterocycles. The summed E-state index contributed by atoms with van der Waals surface area (Å²) < 4.78 is 1.43. The predicted octanol–water partition coefficient (Wildman–Crippen LogP) is 1.43. The summed E-state index contributed by atoms with van der Waals surface area (Å²) in [6.45, 7) is 0.875. The van der Waals surface area contributed by atoms with Gasteiger partial charge in [-0.25, -0.2) is 4.79 Å². The van der Waals surface area contributed by atoms with Crippen molar-refractivity contribution in [1.82, 2.24) is 4.57 Å². The van der Waals surface area contributed by atoms with Crippen LogP contribution < -0.4 is 10.3 Å². The number of hydrogen-bond acceptors (Lipinski definition) is 4. The van der Waals surface area contributed by atoms with Crippen LogP contribution in [0.5, 0.6) is 5.75 Å². The molecule has 124 valence electrons. The number of carbonyl (C=O) groups excluding carboxylic acids is 1. The summed E-state index contributed by atoms with van der Waals surface area (Å²) in [6.07, 6.45) is 3.69. The molecule has 7 heteroatoms. The third-order valence-corrected chi connectivity index (χ3v) is 4.00. The molecule has 2 aromatic rings. The van der Waals surface area contributed by atoms with E-state index in [1.807, 2.05) is 24.3 Å². The molecule has 1 aliphatic rings. The van der Waals surface area contributed by atoms with E-state index >= 15 is 0 Å². The van der Waals surface area contributed by atoms with Crippen LogP contribution in [0.15, 0.2) is 41.5 Å². The molecule has 1 fully saturated rings. The molecule has 3 rings (SSSR count). The first-order valence-corrected chi connectivity index (χ1v) is 7.52. The summed E-state index contributed by atoms with van der Waals surface area (Å²) >= 11 is 0. The maximum atomic E-state index is 12.0. The Balaban J connectivity index is 1.99. The smallest absolute Gasteiger partial charge is 0.341 e. The number of aromatic nitrogens is 1. The molecule has 0 unspecified atom stereocenters. The van der Waals surface area contributed by atoms with E-state index in [9.17, 15) is 19.5 Å². The molecule has 0 bridgehead atoms. The first-order valence-electron chi connectivity index (χ1n) is 7.52. The highest BCUT2D eigenvalue weighted by molar-refractivity contribution is 5.96. The Morgan fingerprint density at radius 2 is 1.92 bits per heavy atom. The van der Waals surface area contributed by atoms with Crippen LogP contribution in [-0.4, -0.2) is 33.2 Å². The summed E-state index contributed by atoms with van der Waals surface area (Å²) in [5.41, 5.74) is 0.147. The van der Waals surface area contributed by atoms with E-state index in [4.69, 9.17) is 5.11 Å². The molecule has 1 aromatic carbocycles. The largest absolute Gasteiger partial charge is 0.503 e. The normalized spacial score (nSPS) is 14.2. The number of pyridine rings is 1. The van der Waals surface area contributed by atoms with Gasteiger partial charge in [-0.15, -0.1) is 0 Å². The van der Waals surface area contributed by atoms with E-state index in [0.717, 1.165) is 17.7 Å². The zero-order chi connectivity index (χ0) is 17.3. The van der Waals surface area contributed by atoms with E-state index < -0.39 is 22.7 Å². The number of benzene rings is 1. The fraction of sp³-hybridized carbons (Fsp3) is 0.235. The molecule has 2 heterocycles. The molecule has 1 saturated heterocycles. The van der Waals surface area contributed by atoms with Gasteiger partial charge in [0.15, 0.2) is 5.75 Å². The highest BCUT2D eigenvalue weighted by Gasteiger charge is 2.23. The van der Waals surface area contributed by atoms with Crippen molar-refractivity contribution in [3.63, 3.8) is 0 Å². The van der Waals surface area contributed by atoms with Crippen molar-refractivity contribution in [3.8, 4) is 5.75 Å². The Kier molecular flexibility index (Phi) is 4.07. The predicted molar refractivity (Wildman–Crippen MR) is 86.5 cm³/mol. The first kappa shape index (κ1) is 15.8. The van der Waals surface area contributed by atoms with Crippen LogP contribution >= 0.6 is 0 Å². The van der Waals surface area contributed by atoms with Gasteiger partial charge >= 0.3 is 5.97 Å². The second-order valence-corrected chi connectivity index (χ2v) is 5.64. The van der Waals surface area contributed by atoms with Gasteiger partial charge in [0, 0.05) is 31.4 Å². The minimum atomic E-state index is -1.40. The zero-order valence-corrected chi connectivity index (χ0v) is 12.8. The Morgan fingerprint density at radius 3 is 2.58 bits per heavy atom. The molecule has 0 radical (unpaired) electrons. The Hall–Kier alpha value is -3.09. The number of carbonyl (C=O) groups is 2. The number of aromatic carboxylic acids is 1. The van der Waals surface area contributed by atoms with Crippen molar-refractivity contribution < 1.29 is 19.8 Å². The van der Waals surface area contributed by atoms with Crippen LogP contribution in [0.2, 0.25) is 0 Å². The molecule has 1 aromatic heterocycles. The lowest BCUT2D eigenvalue weighted by Crippen LogP contribution is -2.25. The monoisotopic (exact) mass is 328 g/mol. The molecule has 2 N–H and O–H groups in total. The topological polar surface area (TPSA) is 99.8 Å². The Morgan fingerprint density at radius 1 is 1.17 bits per heavy atom. The summed E-state index contributed by atoms with van der Waals surface area (Å²) in [4.78, 5) is 36.4. The van der Waals surface area contributed by atoms with Crippen molar-refractivity contribution in [2.75, 3.05) is 11.4 Å². The number of rotatable bonds is 4. The summed E-state index contributed by atoms with van der Waals surface area (Å²) in [7, 11) is 0. The summed E-state index contributed by atoms with van der Waals surface area (Å²) in [6, 6.07) is 7.31. The van der Waals surface area contributed by atoms with E-state index in [-0.39, 0.29) is 12.5 Å². The number of hydrogen-bond donors (Lipinski definition) is 2. The third kappa shape index (κ3) is 2.88. The third-order valence-electron chi connectivity index (χ3n) is 4.00. The van der Waals surface area contributed by atoms with Gasteiger partial charge in [-0.3, -0.25) is 9.59 Å². The average molecular weight is 328 g/mol. The first-order chi connectivity index (χ1) is 11.5. The van der Waals surface area contributed by atoms with Gasteiger partial charge in [0.2, 0.25) is 11.3 Å². The highest BCUT2D eigenvalue weighted by atomic mass is 16.4. The lowest BCUT2D eigenvalue weighted by atomic mass is 10.1.